The molecule has 0 heterocycles. The highest BCUT2D eigenvalue weighted by Crippen LogP contribution is 2.62. The third kappa shape index (κ3) is 2.84. The van der Waals surface area contributed by atoms with Crippen molar-refractivity contribution in [1.82, 2.24) is 4.72 Å². The van der Waals surface area contributed by atoms with E-state index in [9.17, 15) is 8.42 Å². The molecule has 1 aromatic rings. The van der Waals surface area contributed by atoms with Crippen LogP contribution in [-0.2, 0) is 10.0 Å². The van der Waals surface area contributed by atoms with Crippen molar-refractivity contribution in [2.45, 2.75) is 38.6 Å². The summed E-state index contributed by atoms with van der Waals surface area (Å²) >= 11 is 0. The van der Waals surface area contributed by atoms with E-state index in [4.69, 9.17) is 5.11 Å². The Morgan fingerprint density at radius 3 is 2.38 bits per heavy atom. The quantitative estimate of drug-likeness (QED) is 0.836. The Morgan fingerprint density at radius 1 is 1.24 bits per heavy atom. The molecule has 1 saturated carbocycles. The molecule has 2 N–H and O–H groups in total. The van der Waals surface area contributed by atoms with E-state index in [1.165, 1.54) is 6.07 Å². The van der Waals surface area contributed by atoms with Gasteiger partial charge in [0, 0.05) is 11.6 Å². The third-order valence-corrected chi connectivity index (χ3v) is 6.17. The van der Waals surface area contributed by atoms with Crippen LogP contribution in [0, 0.1) is 22.7 Å². The average molecular weight is 307 g/mol. The van der Waals surface area contributed by atoms with Crippen LogP contribution in [0.5, 0.6) is 0 Å². The first-order chi connectivity index (χ1) is 9.63. The highest BCUT2D eigenvalue weighted by Gasteiger charge is 2.65. The Bertz CT molecular complexity index is 695. The van der Waals surface area contributed by atoms with Crippen LogP contribution in [0.15, 0.2) is 29.2 Å². The van der Waals surface area contributed by atoms with E-state index in [-0.39, 0.29) is 28.4 Å². The van der Waals surface area contributed by atoms with Crippen molar-refractivity contribution in [3.8, 4) is 11.8 Å². The highest BCUT2D eigenvalue weighted by molar-refractivity contribution is 7.89. The molecule has 21 heavy (non-hydrogen) atoms. The summed E-state index contributed by atoms with van der Waals surface area (Å²) in [6.07, 6.45) is 0. The Balaban J connectivity index is 2.25. The van der Waals surface area contributed by atoms with Crippen LogP contribution in [0.4, 0.5) is 0 Å². The van der Waals surface area contributed by atoms with Crippen molar-refractivity contribution in [3.63, 3.8) is 0 Å². The Kier molecular flexibility index (Phi) is 3.92. The smallest absolute Gasteiger partial charge is 0.240 e. The summed E-state index contributed by atoms with van der Waals surface area (Å²) in [6, 6.07) is 6.36. The molecule has 5 heteroatoms. The van der Waals surface area contributed by atoms with E-state index < -0.39 is 10.0 Å². The predicted octanol–water partition coefficient (Wildman–Crippen LogP) is 1.74. The monoisotopic (exact) mass is 307 g/mol. The van der Waals surface area contributed by atoms with Crippen LogP contribution in [0.25, 0.3) is 0 Å². The van der Waals surface area contributed by atoms with Gasteiger partial charge in [0.2, 0.25) is 10.0 Å². The third-order valence-electron chi connectivity index (χ3n) is 4.75. The maximum absolute atomic E-state index is 12.5. The molecule has 1 aromatic carbocycles. The van der Waals surface area contributed by atoms with E-state index >= 15 is 0 Å². The number of benzene rings is 1. The maximum Gasteiger partial charge on any atom is 0.240 e. The summed E-state index contributed by atoms with van der Waals surface area (Å²) in [4.78, 5) is 0.200. The summed E-state index contributed by atoms with van der Waals surface area (Å²) in [6.45, 7) is 7.99. The zero-order chi connectivity index (χ0) is 15.9. The van der Waals surface area contributed by atoms with E-state index in [0.717, 1.165) is 0 Å². The number of nitrogens with one attached hydrogen (secondary N) is 1. The first-order valence-electron chi connectivity index (χ1n) is 6.85. The standard InChI is InChI=1S/C16H21NO3S/c1-15(2)14(16(15,3)4)17-21(19,20)13-9-5-7-12(11-13)8-6-10-18/h5,7,9,11,14,17-18H,10H2,1-4H3. The Labute approximate surface area is 126 Å². The van der Waals surface area contributed by atoms with Crippen molar-refractivity contribution < 1.29 is 13.5 Å². The molecule has 0 unspecified atom stereocenters. The second-order valence-corrected chi connectivity index (χ2v) is 8.20. The minimum atomic E-state index is -3.57. The van der Waals surface area contributed by atoms with E-state index in [1.807, 2.05) is 0 Å². The normalized spacial score (nSPS) is 19.7. The van der Waals surface area contributed by atoms with Gasteiger partial charge in [-0.15, -0.1) is 0 Å². The lowest BCUT2D eigenvalue weighted by atomic mass is 10.0. The van der Waals surface area contributed by atoms with Gasteiger partial charge in [0.1, 0.15) is 6.61 Å². The van der Waals surface area contributed by atoms with Gasteiger partial charge in [-0.05, 0) is 29.0 Å². The number of aliphatic hydroxyl groups is 1. The van der Waals surface area contributed by atoms with Gasteiger partial charge in [-0.2, -0.15) is 0 Å². The van der Waals surface area contributed by atoms with Crippen LogP contribution < -0.4 is 4.72 Å². The fourth-order valence-electron chi connectivity index (χ4n) is 2.60. The van der Waals surface area contributed by atoms with Crippen molar-refractivity contribution >= 4 is 10.0 Å². The van der Waals surface area contributed by atoms with Crippen molar-refractivity contribution in [1.29, 1.82) is 0 Å². The van der Waals surface area contributed by atoms with Gasteiger partial charge in [0.05, 0.1) is 4.90 Å². The minimum absolute atomic E-state index is 0.0611. The van der Waals surface area contributed by atoms with Gasteiger partial charge in [-0.25, -0.2) is 13.1 Å². The largest absolute Gasteiger partial charge is 0.384 e. The Hall–Kier alpha value is -1.35. The Morgan fingerprint density at radius 2 is 1.86 bits per heavy atom. The summed E-state index contributed by atoms with van der Waals surface area (Å²) in [5, 5.41) is 8.69. The lowest BCUT2D eigenvalue weighted by molar-refractivity contribution is 0.350. The summed E-state index contributed by atoms with van der Waals surface area (Å²) < 4.78 is 27.7. The first-order valence-corrected chi connectivity index (χ1v) is 8.33. The van der Waals surface area contributed by atoms with E-state index in [2.05, 4.69) is 44.3 Å². The van der Waals surface area contributed by atoms with Crippen molar-refractivity contribution in [2.75, 3.05) is 6.61 Å². The topological polar surface area (TPSA) is 66.4 Å². The maximum atomic E-state index is 12.5. The molecule has 1 aliphatic carbocycles. The lowest BCUT2D eigenvalue weighted by Crippen LogP contribution is -2.29. The molecule has 0 amide bonds. The number of aliphatic hydroxyl groups excluding tert-OH is 1. The van der Waals surface area contributed by atoms with Crippen LogP contribution in [0.2, 0.25) is 0 Å². The lowest BCUT2D eigenvalue weighted by Gasteiger charge is -2.08. The van der Waals surface area contributed by atoms with E-state index in [0.29, 0.717) is 5.56 Å². The van der Waals surface area contributed by atoms with Crippen molar-refractivity contribution in [2.24, 2.45) is 10.8 Å². The molecule has 0 spiro atoms. The highest BCUT2D eigenvalue weighted by atomic mass is 32.2. The zero-order valence-corrected chi connectivity index (χ0v) is 13.6. The molecular formula is C16H21NO3S. The molecule has 2 rings (SSSR count). The molecule has 0 saturated heterocycles. The van der Waals surface area contributed by atoms with E-state index in [1.54, 1.807) is 18.2 Å². The second-order valence-electron chi connectivity index (χ2n) is 6.49. The minimum Gasteiger partial charge on any atom is -0.384 e. The summed E-state index contributed by atoms with van der Waals surface area (Å²) in [5.74, 6) is 5.23. The molecule has 1 fully saturated rings. The number of hydrogen-bond donors (Lipinski definition) is 2. The fraction of sp³-hybridized carbons (Fsp3) is 0.500. The molecule has 0 aromatic heterocycles. The number of sulfonamides is 1. The van der Waals surface area contributed by atoms with Gasteiger partial charge in [0.15, 0.2) is 0 Å². The summed E-state index contributed by atoms with van der Waals surface area (Å²) in [5.41, 5.74) is 0.448. The molecular weight excluding hydrogens is 286 g/mol. The molecule has 4 nitrogen and oxygen atoms in total. The SMILES string of the molecule is CC1(C)C(NS(=O)(=O)c2cccc(C#CCO)c2)C1(C)C. The number of hydrogen-bond acceptors (Lipinski definition) is 3. The van der Waals surface area contributed by atoms with Crippen molar-refractivity contribution in [3.05, 3.63) is 29.8 Å². The van der Waals surface area contributed by atoms with Crippen LogP contribution in [0.1, 0.15) is 33.3 Å². The molecule has 114 valence electrons. The number of rotatable bonds is 3. The molecule has 0 aliphatic heterocycles. The van der Waals surface area contributed by atoms with Crippen LogP contribution in [-0.4, -0.2) is 26.2 Å². The molecule has 1 aliphatic rings. The van der Waals surface area contributed by atoms with Crippen LogP contribution in [0.3, 0.4) is 0 Å². The molecule has 0 radical (unpaired) electrons. The van der Waals surface area contributed by atoms with Crippen LogP contribution >= 0.6 is 0 Å². The fourth-order valence-corrected chi connectivity index (χ4v) is 4.17. The van der Waals surface area contributed by atoms with Gasteiger partial charge in [-0.1, -0.05) is 45.6 Å². The van der Waals surface area contributed by atoms with Gasteiger partial charge in [0.25, 0.3) is 0 Å². The second kappa shape index (κ2) is 5.13. The average Bonchev–Trinajstić information content (AvgIpc) is 2.79. The zero-order valence-electron chi connectivity index (χ0n) is 12.8. The molecule has 0 bridgehead atoms. The predicted molar refractivity (Wildman–Crippen MR) is 82.1 cm³/mol. The summed E-state index contributed by atoms with van der Waals surface area (Å²) in [7, 11) is -3.57. The molecule has 0 atom stereocenters. The van der Waals surface area contributed by atoms with Gasteiger partial charge >= 0.3 is 0 Å². The van der Waals surface area contributed by atoms with Gasteiger partial charge < -0.3 is 5.11 Å². The first kappa shape index (κ1) is 16.0. The van der Waals surface area contributed by atoms with Gasteiger partial charge in [-0.3, -0.25) is 0 Å².